The molecule has 3 aromatic carbocycles. The molecular formula is C30H34ClFN4O2. The highest BCUT2D eigenvalue weighted by molar-refractivity contribution is 6.30. The van der Waals surface area contributed by atoms with Crippen LogP contribution in [-0.2, 0) is 6.54 Å². The summed E-state index contributed by atoms with van der Waals surface area (Å²) >= 11 is 6.03. The van der Waals surface area contributed by atoms with E-state index in [1.165, 1.54) is 23.8 Å². The van der Waals surface area contributed by atoms with E-state index < -0.39 is 11.7 Å². The minimum Gasteiger partial charge on any atom is -0.366 e. The lowest BCUT2D eigenvalue weighted by Crippen LogP contribution is -2.43. The second-order valence-corrected chi connectivity index (χ2v) is 9.99. The van der Waals surface area contributed by atoms with Crippen LogP contribution in [-0.4, -0.2) is 53.8 Å². The van der Waals surface area contributed by atoms with Gasteiger partial charge in [0.2, 0.25) is 5.91 Å². The molecule has 6 nitrogen and oxygen atoms in total. The molecule has 0 spiro atoms. The molecule has 4 rings (SSSR count). The summed E-state index contributed by atoms with van der Waals surface area (Å²) in [5, 5.41) is 0.716. The van der Waals surface area contributed by atoms with Crippen molar-refractivity contribution in [3.05, 3.63) is 94.3 Å². The minimum absolute atomic E-state index is 0.00146. The van der Waals surface area contributed by atoms with Gasteiger partial charge in [0.05, 0.1) is 5.69 Å². The highest BCUT2D eigenvalue weighted by atomic mass is 35.5. The molecule has 1 heterocycles. The van der Waals surface area contributed by atoms with Crippen molar-refractivity contribution in [2.24, 2.45) is 5.73 Å². The van der Waals surface area contributed by atoms with E-state index in [-0.39, 0.29) is 17.5 Å². The molecule has 1 fully saturated rings. The third kappa shape index (κ3) is 6.34. The second-order valence-electron chi connectivity index (χ2n) is 9.56. The fraction of sp³-hybridized carbons (Fsp3) is 0.333. The molecule has 0 bridgehead atoms. The van der Waals surface area contributed by atoms with Gasteiger partial charge in [0.15, 0.2) is 0 Å². The second kappa shape index (κ2) is 12.4. The quantitative estimate of drug-likeness (QED) is 0.372. The Balaban J connectivity index is 1.60. The highest BCUT2D eigenvalue weighted by Gasteiger charge is 2.28. The fourth-order valence-electron chi connectivity index (χ4n) is 5.04. The number of carbonyl (C=O) groups is 2. The first-order chi connectivity index (χ1) is 18.3. The molecule has 0 atom stereocenters. The summed E-state index contributed by atoms with van der Waals surface area (Å²) in [5.74, 6) is -1.07. The number of likely N-dealkylation sites (tertiary alicyclic amines) is 1. The molecule has 3 aromatic rings. The Kier molecular flexibility index (Phi) is 9.02. The predicted molar refractivity (Wildman–Crippen MR) is 151 cm³/mol. The zero-order chi connectivity index (χ0) is 27.2. The van der Waals surface area contributed by atoms with Gasteiger partial charge >= 0.3 is 0 Å². The fourth-order valence-corrected chi connectivity index (χ4v) is 5.16. The lowest BCUT2D eigenvalue weighted by atomic mass is 9.99. The average molecular weight is 537 g/mol. The van der Waals surface area contributed by atoms with Crippen LogP contribution in [0, 0.1) is 5.82 Å². The van der Waals surface area contributed by atoms with E-state index in [9.17, 15) is 9.59 Å². The van der Waals surface area contributed by atoms with E-state index in [1.54, 1.807) is 17.0 Å². The van der Waals surface area contributed by atoms with Gasteiger partial charge in [-0.1, -0.05) is 23.7 Å². The molecular weight excluding hydrogens is 503 g/mol. The summed E-state index contributed by atoms with van der Waals surface area (Å²) in [6.07, 6.45) is 1.60. The van der Waals surface area contributed by atoms with Crippen molar-refractivity contribution in [3.63, 3.8) is 0 Å². The summed E-state index contributed by atoms with van der Waals surface area (Å²) in [7, 11) is 0. The summed E-state index contributed by atoms with van der Waals surface area (Å²) in [6, 6.07) is 19.4. The Morgan fingerprint density at radius 1 is 0.947 bits per heavy atom. The van der Waals surface area contributed by atoms with E-state index in [0.717, 1.165) is 38.2 Å². The lowest BCUT2D eigenvalue weighted by molar-refractivity contribution is 0.0772. The standard InChI is InChI=1S/C30H34ClFN4O2/c1-3-35(4-2)30(38)22-7-12-25(13-8-22)36(28-19-23(29(33)37)9-14-27(28)32)26-15-17-34(18-16-26)20-21-5-10-24(31)11-6-21/h5-14,19,26H,3-4,15-18,20H2,1-2H3,(H2,33,37). The van der Waals surface area contributed by atoms with Crippen molar-refractivity contribution in [2.45, 2.75) is 39.3 Å². The molecule has 2 amide bonds. The summed E-state index contributed by atoms with van der Waals surface area (Å²) < 4.78 is 15.2. The molecule has 2 N–H and O–H groups in total. The number of piperidine rings is 1. The normalized spacial score (nSPS) is 14.3. The molecule has 1 aliphatic rings. The van der Waals surface area contributed by atoms with Gasteiger partial charge in [-0.15, -0.1) is 0 Å². The van der Waals surface area contributed by atoms with Gasteiger partial charge in [0.25, 0.3) is 5.91 Å². The Labute approximate surface area is 228 Å². The zero-order valence-corrected chi connectivity index (χ0v) is 22.6. The molecule has 38 heavy (non-hydrogen) atoms. The summed E-state index contributed by atoms with van der Waals surface area (Å²) in [5.41, 5.74) is 8.62. The molecule has 1 aliphatic heterocycles. The van der Waals surface area contributed by atoms with E-state index in [4.69, 9.17) is 17.3 Å². The van der Waals surface area contributed by atoms with Crippen molar-refractivity contribution >= 4 is 34.8 Å². The number of amides is 2. The van der Waals surface area contributed by atoms with E-state index >= 15 is 4.39 Å². The third-order valence-electron chi connectivity index (χ3n) is 7.17. The van der Waals surface area contributed by atoms with Gasteiger partial charge in [-0.2, -0.15) is 0 Å². The van der Waals surface area contributed by atoms with Crippen molar-refractivity contribution in [1.82, 2.24) is 9.80 Å². The number of anilines is 2. The number of halogens is 2. The molecule has 0 saturated carbocycles. The monoisotopic (exact) mass is 536 g/mol. The van der Waals surface area contributed by atoms with Crippen LogP contribution in [0.4, 0.5) is 15.8 Å². The van der Waals surface area contributed by atoms with E-state index in [0.29, 0.717) is 29.4 Å². The first-order valence-electron chi connectivity index (χ1n) is 13.1. The Hall–Kier alpha value is -3.42. The van der Waals surface area contributed by atoms with Gasteiger partial charge in [-0.3, -0.25) is 14.5 Å². The summed E-state index contributed by atoms with van der Waals surface area (Å²) in [4.78, 5) is 30.8. The Morgan fingerprint density at radius 3 is 2.13 bits per heavy atom. The molecule has 0 unspecified atom stereocenters. The van der Waals surface area contributed by atoms with Gasteiger partial charge in [-0.05, 0) is 86.8 Å². The molecule has 1 saturated heterocycles. The zero-order valence-electron chi connectivity index (χ0n) is 21.9. The van der Waals surface area contributed by atoms with Crippen LogP contribution in [0.2, 0.25) is 5.02 Å². The van der Waals surface area contributed by atoms with Crippen molar-refractivity contribution in [3.8, 4) is 0 Å². The summed E-state index contributed by atoms with van der Waals surface area (Å²) in [6.45, 7) is 7.64. The topological polar surface area (TPSA) is 69.9 Å². The van der Waals surface area contributed by atoms with Crippen LogP contribution in [0.1, 0.15) is 53.0 Å². The Bertz CT molecular complexity index is 1250. The first-order valence-corrected chi connectivity index (χ1v) is 13.4. The number of hydrogen-bond donors (Lipinski definition) is 1. The maximum atomic E-state index is 15.2. The molecule has 200 valence electrons. The van der Waals surface area contributed by atoms with Crippen molar-refractivity contribution in [2.75, 3.05) is 31.1 Å². The maximum Gasteiger partial charge on any atom is 0.253 e. The van der Waals surface area contributed by atoms with Crippen LogP contribution in [0.15, 0.2) is 66.7 Å². The lowest BCUT2D eigenvalue weighted by Gasteiger charge is -2.40. The van der Waals surface area contributed by atoms with Gasteiger partial charge in [0.1, 0.15) is 5.82 Å². The first kappa shape index (κ1) is 27.6. The smallest absolute Gasteiger partial charge is 0.253 e. The van der Waals surface area contributed by atoms with E-state index in [1.807, 2.05) is 55.1 Å². The van der Waals surface area contributed by atoms with Crippen LogP contribution in [0.5, 0.6) is 0 Å². The number of benzene rings is 3. The van der Waals surface area contributed by atoms with Crippen molar-refractivity contribution < 1.29 is 14.0 Å². The van der Waals surface area contributed by atoms with Gasteiger partial charge in [0, 0.05) is 60.6 Å². The molecule has 0 radical (unpaired) electrons. The average Bonchev–Trinajstić information content (AvgIpc) is 2.93. The van der Waals surface area contributed by atoms with Crippen LogP contribution < -0.4 is 10.6 Å². The SMILES string of the molecule is CCN(CC)C(=O)c1ccc(N(c2cc(C(N)=O)ccc2F)C2CCN(Cc3ccc(Cl)cc3)CC2)cc1. The maximum absolute atomic E-state index is 15.2. The van der Waals surface area contributed by atoms with Crippen molar-refractivity contribution in [1.29, 1.82) is 0 Å². The highest BCUT2D eigenvalue weighted by Crippen LogP contribution is 2.35. The number of rotatable bonds is 9. The third-order valence-corrected chi connectivity index (χ3v) is 7.43. The predicted octanol–water partition coefficient (Wildman–Crippen LogP) is 5.86. The number of nitrogens with two attached hydrogens (primary N) is 1. The van der Waals surface area contributed by atoms with Crippen LogP contribution >= 0.6 is 11.6 Å². The number of nitrogens with zero attached hydrogens (tertiary/aromatic N) is 3. The van der Waals surface area contributed by atoms with E-state index in [2.05, 4.69) is 4.90 Å². The van der Waals surface area contributed by atoms with Gasteiger partial charge < -0.3 is 15.5 Å². The number of carbonyl (C=O) groups excluding carboxylic acids is 2. The largest absolute Gasteiger partial charge is 0.366 e. The van der Waals surface area contributed by atoms with Gasteiger partial charge in [-0.25, -0.2) is 4.39 Å². The number of primary amides is 1. The molecule has 8 heteroatoms. The Morgan fingerprint density at radius 2 is 1.55 bits per heavy atom. The van der Waals surface area contributed by atoms with Crippen LogP contribution in [0.25, 0.3) is 0 Å². The molecule has 0 aliphatic carbocycles. The van der Waals surface area contributed by atoms with Crippen LogP contribution in [0.3, 0.4) is 0 Å². The molecule has 0 aromatic heterocycles. The minimum atomic E-state index is -0.607. The number of hydrogen-bond acceptors (Lipinski definition) is 4.